The molecule has 2 aromatic carbocycles. The summed E-state index contributed by atoms with van der Waals surface area (Å²) in [6.07, 6.45) is 0. The molecule has 4 heteroatoms. The molecular formula is C20H25NO3. The van der Waals surface area contributed by atoms with Crippen LogP contribution in [0, 0.1) is 13.8 Å². The highest BCUT2D eigenvalue weighted by Crippen LogP contribution is 2.22. The van der Waals surface area contributed by atoms with E-state index in [9.17, 15) is 4.79 Å². The topological polar surface area (TPSA) is 47.6 Å². The second-order valence-corrected chi connectivity index (χ2v) is 5.74. The first kappa shape index (κ1) is 18.0. The fourth-order valence-electron chi connectivity index (χ4n) is 2.39. The highest BCUT2D eigenvalue weighted by atomic mass is 16.5. The molecule has 0 saturated carbocycles. The number of aryl methyl sites for hydroxylation is 2. The van der Waals surface area contributed by atoms with Gasteiger partial charge >= 0.3 is 0 Å². The van der Waals surface area contributed by atoms with E-state index in [1.54, 1.807) is 0 Å². The van der Waals surface area contributed by atoms with Gasteiger partial charge in [-0.05, 0) is 43.0 Å². The Morgan fingerprint density at radius 2 is 1.62 bits per heavy atom. The van der Waals surface area contributed by atoms with Crippen LogP contribution in [0.1, 0.15) is 29.2 Å². The Bertz CT molecular complexity index is 645. The molecular weight excluding hydrogens is 302 g/mol. The minimum Gasteiger partial charge on any atom is -0.483 e. The van der Waals surface area contributed by atoms with E-state index < -0.39 is 0 Å². The molecule has 4 nitrogen and oxygen atoms in total. The number of carbonyl (C=O) groups excluding carboxylic acids is 1. The van der Waals surface area contributed by atoms with E-state index in [1.165, 1.54) is 0 Å². The van der Waals surface area contributed by atoms with Crippen molar-refractivity contribution in [1.82, 2.24) is 5.32 Å². The third-order valence-corrected chi connectivity index (χ3v) is 3.74. The van der Waals surface area contributed by atoms with Crippen molar-refractivity contribution in [2.75, 3.05) is 13.2 Å². The molecule has 0 heterocycles. The van der Waals surface area contributed by atoms with E-state index in [0.717, 1.165) is 28.0 Å². The average molecular weight is 327 g/mol. The maximum atomic E-state index is 12.0. The summed E-state index contributed by atoms with van der Waals surface area (Å²) in [5.41, 5.74) is 4.25. The SMILES string of the molecule is CCOCc1ccc(CNC(=O)COc2c(C)cccc2C)cc1. The van der Waals surface area contributed by atoms with Crippen LogP contribution in [0.5, 0.6) is 5.75 Å². The predicted molar refractivity (Wildman–Crippen MR) is 95.0 cm³/mol. The lowest BCUT2D eigenvalue weighted by atomic mass is 10.1. The van der Waals surface area contributed by atoms with E-state index in [2.05, 4.69) is 5.32 Å². The molecule has 0 aliphatic heterocycles. The standard InChI is InChI=1S/C20H25NO3/c1-4-23-13-18-10-8-17(9-11-18)12-21-19(22)14-24-20-15(2)6-5-7-16(20)3/h5-11H,4,12-14H2,1-3H3,(H,21,22). The lowest BCUT2D eigenvalue weighted by molar-refractivity contribution is -0.123. The third-order valence-electron chi connectivity index (χ3n) is 3.74. The number of benzene rings is 2. The summed E-state index contributed by atoms with van der Waals surface area (Å²) in [5.74, 6) is 0.656. The Balaban J connectivity index is 1.79. The van der Waals surface area contributed by atoms with Gasteiger partial charge in [-0.2, -0.15) is 0 Å². The number of hydrogen-bond acceptors (Lipinski definition) is 3. The normalized spacial score (nSPS) is 10.5. The van der Waals surface area contributed by atoms with Gasteiger partial charge in [0.2, 0.25) is 0 Å². The summed E-state index contributed by atoms with van der Waals surface area (Å²) < 4.78 is 11.0. The van der Waals surface area contributed by atoms with Crippen molar-refractivity contribution in [3.05, 3.63) is 64.7 Å². The van der Waals surface area contributed by atoms with Crippen LogP contribution in [-0.2, 0) is 22.7 Å². The van der Waals surface area contributed by atoms with Crippen LogP contribution in [0.4, 0.5) is 0 Å². The maximum Gasteiger partial charge on any atom is 0.258 e. The zero-order valence-corrected chi connectivity index (χ0v) is 14.6. The van der Waals surface area contributed by atoms with Gasteiger partial charge in [-0.25, -0.2) is 0 Å². The molecule has 1 amide bonds. The summed E-state index contributed by atoms with van der Waals surface area (Å²) >= 11 is 0. The largest absolute Gasteiger partial charge is 0.483 e. The number of nitrogens with one attached hydrogen (secondary N) is 1. The van der Waals surface area contributed by atoms with Crippen LogP contribution < -0.4 is 10.1 Å². The second kappa shape index (κ2) is 9.08. The molecule has 128 valence electrons. The van der Waals surface area contributed by atoms with Gasteiger partial charge in [-0.15, -0.1) is 0 Å². The van der Waals surface area contributed by atoms with Crippen LogP contribution in [0.2, 0.25) is 0 Å². The first-order valence-electron chi connectivity index (χ1n) is 8.21. The molecule has 0 aliphatic rings. The molecule has 0 aliphatic carbocycles. The van der Waals surface area contributed by atoms with Gasteiger partial charge in [0.25, 0.3) is 5.91 Å². The van der Waals surface area contributed by atoms with Gasteiger partial charge < -0.3 is 14.8 Å². The maximum absolute atomic E-state index is 12.0. The van der Waals surface area contributed by atoms with Crippen molar-refractivity contribution in [3.63, 3.8) is 0 Å². The number of amides is 1. The molecule has 0 spiro atoms. The molecule has 0 saturated heterocycles. The number of carbonyl (C=O) groups is 1. The molecule has 0 bridgehead atoms. The quantitative estimate of drug-likeness (QED) is 0.807. The molecule has 2 rings (SSSR count). The highest BCUT2D eigenvalue weighted by molar-refractivity contribution is 5.77. The van der Waals surface area contributed by atoms with Crippen LogP contribution in [0.15, 0.2) is 42.5 Å². The number of para-hydroxylation sites is 1. The number of hydrogen-bond donors (Lipinski definition) is 1. The monoisotopic (exact) mass is 327 g/mol. The first-order chi connectivity index (χ1) is 11.6. The Hall–Kier alpha value is -2.33. The van der Waals surface area contributed by atoms with Crippen molar-refractivity contribution in [2.24, 2.45) is 0 Å². The van der Waals surface area contributed by atoms with E-state index in [-0.39, 0.29) is 12.5 Å². The van der Waals surface area contributed by atoms with E-state index in [4.69, 9.17) is 9.47 Å². The first-order valence-corrected chi connectivity index (χ1v) is 8.21. The number of rotatable bonds is 8. The number of ether oxygens (including phenoxy) is 2. The lowest BCUT2D eigenvalue weighted by Crippen LogP contribution is -2.28. The van der Waals surface area contributed by atoms with Crippen molar-refractivity contribution in [1.29, 1.82) is 0 Å². The zero-order chi connectivity index (χ0) is 17.4. The second-order valence-electron chi connectivity index (χ2n) is 5.74. The van der Waals surface area contributed by atoms with Crippen LogP contribution in [-0.4, -0.2) is 19.1 Å². The summed E-state index contributed by atoms with van der Waals surface area (Å²) in [4.78, 5) is 12.0. The smallest absolute Gasteiger partial charge is 0.258 e. The van der Waals surface area contributed by atoms with Crippen molar-refractivity contribution >= 4 is 5.91 Å². The predicted octanol–water partition coefficient (Wildman–Crippen LogP) is 3.54. The summed E-state index contributed by atoms with van der Waals surface area (Å²) in [5, 5.41) is 2.88. The molecule has 0 radical (unpaired) electrons. The molecule has 0 aromatic heterocycles. The molecule has 2 aromatic rings. The van der Waals surface area contributed by atoms with Gasteiger partial charge in [0.15, 0.2) is 6.61 Å². The molecule has 0 fully saturated rings. The van der Waals surface area contributed by atoms with Gasteiger partial charge in [-0.1, -0.05) is 42.5 Å². The van der Waals surface area contributed by atoms with E-state index in [1.807, 2.05) is 63.2 Å². The average Bonchev–Trinajstić information content (AvgIpc) is 2.58. The lowest BCUT2D eigenvalue weighted by Gasteiger charge is -2.12. The van der Waals surface area contributed by atoms with Crippen molar-refractivity contribution < 1.29 is 14.3 Å². The summed E-state index contributed by atoms with van der Waals surface area (Å²) in [7, 11) is 0. The molecule has 0 unspecified atom stereocenters. The van der Waals surface area contributed by atoms with Crippen molar-refractivity contribution in [2.45, 2.75) is 33.9 Å². The molecule has 24 heavy (non-hydrogen) atoms. The molecule has 0 atom stereocenters. The van der Waals surface area contributed by atoms with Gasteiger partial charge in [0.05, 0.1) is 6.61 Å². The Kier molecular flexibility index (Phi) is 6.82. The third kappa shape index (κ3) is 5.39. The van der Waals surface area contributed by atoms with Gasteiger partial charge in [-0.3, -0.25) is 4.79 Å². The zero-order valence-electron chi connectivity index (χ0n) is 14.6. The van der Waals surface area contributed by atoms with Crippen LogP contribution in [0.25, 0.3) is 0 Å². The minimum atomic E-state index is -0.129. The summed E-state index contributed by atoms with van der Waals surface area (Å²) in [6.45, 7) is 7.77. The van der Waals surface area contributed by atoms with Crippen LogP contribution in [0.3, 0.4) is 0 Å². The van der Waals surface area contributed by atoms with E-state index in [0.29, 0.717) is 19.8 Å². The Labute approximate surface area is 143 Å². The van der Waals surface area contributed by atoms with Gasteiger partial charge in [0.1, 0.15) is 5.75 Å². The van der Waals surface area contributed by atoms with Crippen molar-refractivity contribution in [3.8, 4) is 5.75 Å². The molecule has 1 N–H and O–H groups in total. The van der Waals surface area contributed by atoms with E-state index >= 15 is 0 Å². The Morgan fingerprint density at radius 1 is 1.00 bits per heavy atom. The Morgan fingerprint density at radius 3 is 2.25 bits per heavy atom. The minimum absolute atomic E-state index is 0.0219. The fourth-order valence-corrected chi connectivity index (χ4v) is 2.39. The van der Waals surface area contributed by atoms with Gasteiger partial charge in [0, 0.05) is 13.2 Å². The fraction of sp³-hybridized carbons (Fsp3) is 0.350. The highest BCUT2D eigenvalue weighted by Gasteiger charge is 2.07. The summed E-state index contributed by atoms with van der Waals surface area (Å²) in [6, 6.07) is 14.0. The van der Waals surface area contributed by atoms with Crippen LogP contribution >= 0.6 is 0 Å².